The topological polar surface area (TPSA) is 88.9 Å². The van der Waals surface area contributed by atoms with Gasteiger partial charge in [0.15, 0.2) is 11.0 Å². The molecule has 0 saturated carbocycles. The molecule has 0 aliphatic heterocycles. The lowest BCUT2D eigenvalue weighted by atomic mass is 10.0. The number of carbonyl (C=O) groups is 2. The molecule has 0 saturated heterocycles. The molecule has 5 rings (SSSR count). The average Bonchev–Trinajstić information content (AvgIpc) is 3.33. The van der Waals surface area contributed by atoms with Crippen molar-refractivity contribution in [2.45, 2.75) is 18.6 Å². The second-order valence-electron chi connectivity index (χ2n) is 8.63. The van der Waals surface area contributed by atoms with Gasteiger partial charge in [-0.2, -0.15) is 0 Å². The number of benzene rings is 4. The van der Waals surface area contributed by atoms with Crippen molar-refractivity contribution in [1.82, 2.24) is 20.1 Å². The lowest BCUT2D eigenvalue weighted by Gasteiger charge is -2.12. The van der Waals surface area contributed by atoms with E-state index < -0.39 is 0 Å². The zero-order chi connectivity index (χ0) is 26.5. The van der Waals surface area contributed by atoms with Gasteiger partial charge in [0.25, 0.3) is 5.91 Å². The molecule has 5 aromatic rings. The van der Waals surface area contributed by atoms with Gasteiger partial charge in [0.2, 0.25) is 5.91 Å². The number of amides is 2. The highest BCUT2D eigenvalue weighted by Gasteiger charge is 2.18. The Morgan fingerprint density at radius 2 is 1.68 bits per heavy atom. The molecule has 0 radical (unpaired) electrons. The van der Waals surface area contributed by atoms with Crippen molar-refractivity contribution in [2.24, 2.45) is 0 Å². The summed E-state index contributed by atoms with van der Waals surface area (Å²) >= 11 is 1.20. The number of thioether (sulfide) groups is 1. The Morgan fingerprint density at radius 1 is 0.921 bits per heavy atom. The van der Waals surface area contributed by atoms with Crippen molar-refractivity contribution in [3.8, 4) is 5.69 Å². The minimum absolute atomic E-state index is 0.0858. The molecule has 0 fully saturated rings. The van der Waals surface area contributed by atoms with Gasteiger partial charge < -0.3 is 10.6 Å². The Hall–Kier alpha value is -4.50. The SMILES string of the molecule is Cc1cccc(NC(=O)CSc2nnc(CNC(=O)c3cccc4ccccc34)n2-c2ccc(F)cc2)c1. The maximum absolute atomic E-state index is 13.6. The number of anilines is 1. The van der Waals surface area contributed by atoms with E-state index in [0.717, 1.165) is 16.3 Å². The van der Waals surface area contributed by atoms with Crippen LogP contribution in [0.3, 0.4) is 0 Å². The number of rotatable bonds is 8. The molecule has 0 aliphatic rings. The van der Waals surface area contributed by atoms with Crippen molar-refractivity contribution >= 4 is 40.0 Å². The van der Waals surface area contributed by atoms with Gasteiger partial charge in [0.05, 0.1) is 12.3 Å². The molecule has 0 bridgehead atoms. The Labute approximate surface area is 223 Å². The highest BCUT2D eigenvalue weighted by atomic mass is 32.2. The molecule has 190 valence electrons. The number of nitrogens with zero attached hydrogens (tertiary/aromatic N) is 3. The van der Waals surface area contributed by atoms with Crippen LogP contribution in [0.25, 0.3) is 16.5 Å². The van der Waals surface area contributed by atoms with E-state index in [0.29, 0.717) is 27.9 Å². The zero-order valence-electron chi connectivity index (χ0n) is 20.5. The number of nitrogens with one attached hydrogen (secondary N) is 2. The summed E-state index contributed by atoms with van der Waals surface area (Å²) in [7, 11) is 0. The van der Waals surface area contributed by atoms with Crippen molar-refractivity contribution in [3.05, 3.63) is 114 Å². The Bertz CT molecular complexity index is 1610. The third-order valence-corrected chi connectivity index (χ3v) is 6.79. The lowest BCUT2D eigenvalue weighted by molar-refractivity contribution is -0.113. The molecule has 38 heavy (non-hydrogen) atoms. The highest BCUT2D eigenvalue weighted by Crippen LogP contribution is 2.24. The summed E-state index contributed by atoms with van der Waals surface area (Å²) in [4.78, 5) is 25.6. The Morgan fingerprint density at radius 3 is 2.50 bits per heavy atom. The number of aromatic nitrogens is 3. The summed E-state index contributed by atoms with van der Waals surface area (Å²) in [5.74, 6) is -0.274. The van der Waals surface area contributed by atoms with Gasteiger partial charge in [0, 0.05) is 16.9 Å². The van der Waals surface area contributed by atoms with Gasteiger partial charge in [-0.3, -0.25) is 14.2 Å². The number of hydrogen-bond donors (Lipinski definition) is 2. The van der Waals surface area contributed by atoms with Crippen LogP contribution < -0.4 is 10.6 Å². The predicted molar refractivity (Wildman–Crippen MR) is 147 cm³/mol. The van der Waals surface area contributed by atoms with Crippen LogP contribution in [0.4, 0.5) is 10.1 Å². The second kappa shape index (κ2) is 11.3. The first-order valence-corrected chi connectivity index (χ1v) is 12.9. The van der Waals surface area contributed by atoms with Crippen LogP contribution in [0, 0.1) is 12.7 Å². The first-order valence-electron chi connectivity index (χ1n) is 11.9. The van der Waals surface area contributed by atoms with Gasteiger partial charge >= 0.3 is 0 Å². The highest BCUT2D eigenvalue weighted by molar-refractivity contribution is 7.99. The maximum atomic E-state index is 13.6. The summed E-state index contributed by atoms with van der Waals surface area (Å²) in [5.41, 5.74) is 2.93. The molecule has 0 spiro atoms. The predicted octanol–water partition coefficient (Wildman–Crippen LogP) is 5.53. The maximum Gasteiger partial charge on any atom is 0.252 e. The number of aryl methyl sites for hydroxylation is 1. The third-order valence-electron chi connectivity index (χ3n) is 5.86. The van der Waals surface area contributed by atoms with Crippen molar-refractivity contribution in [1.29, 1.82) is 0 Å². The lowest BCUT2D eigenvalue weighted by Crippen LogP contribution is -2.25. The van der Waals surface area contributed by atoms with Crippen LogP contribution in [0.15, 0.2) is 96.2 Å². The molecule has 7 nitrogen and oxygen atoms in total. The first kappa shape index (κ1) is 25.2. The van der Waals surface area contributed by atoms with Gasteiger partial charge in [0.1, 0.15) is 5.82 Å². The van der Waals surface area contributed by atoms with Crippen LogP contribution in [-0.4, -0.2) is 32.3 Å². The van der Waals surface area contributed by atoms with E-state index in [4.69, 9.17) is 0 Å². The van der Waals surface area contributed by atoms with Crippen molar-refractivity contribution in [3.63, 3.8) is 0 Å². The molecule has 2 N–H and O–H groups in total. The van der Waals surface area contributed by atoms with Gasteiger partial charge in [-0.25, -0.2) is 4.39 Å². The van der Waals surface area contributed by atoms with Crippen LogP contribution in [0.1, 0.15) is 21.7 Å². The van der Waals surface area contributed by atoms with Gasteiger partial charge in [-0.15, -0.1) is 10.2 Å². The zero-order valence-corrected chi connectivity index (χ0v) is 21.3. The van der Waals surface area contributed by atoms with E-state index in [1.807, 2.05) is 67.6 Å². The fraction of sp³-hybridized carbons (Fsp3) is 0.103. The van der Waals surface area contributed by atoms with E-state index in [1.54, 1.807) is 22.8 Å². The van der Waals surface area contributed by atoms with Gasteiger partial charge in [-0.1, -0.05) is 60.3 Å². The minimum Gasteiger partial charge on any atom is -0.345 e. The quantitative estimate of drug-likeness (QED) is 0.260. The van der Waals surface area contributed by atoms with Crippen LogP contribution in [-0.2, 0) is 11.3 Å². The largest absolute Gasteiger partial charge is 0.345 e. The first-order chi connectivity index (χ1) is 18.5. The fourth-order valence-electron chi connectivity index (χ4n) is 4.09. The summed E-state index contributed by atoms with van der Waals surface area (Å²) in [6.45, 7) is 2.04. The van der Waals surface area contributed by atoms with Crippen LogP contribution >= 0.6 is 11.8 Å². The molecule has 1 heterocycles. The molecular formula is C29H24FN5O2S. The molecule has 0 unspecified atom stereocenters. The molecule has 0 atom stereocenters. The standard InChI is InChI=1S/C29H24FN5O2S/c1-19-6-4-9-22(16-19)32-27(36)18-38-29-34-33-26(35(29)23-14-12-21(30)13-15-23)17-31-28(37)25-11-5-8-20-7-2-3-10-24(20)25/h2-16H,17-18H2,1H3,(H,31,37)(H,32,36). The van der Waals surface area contributed by atoms with E-state index >= 15 is 0 Å². The average molecular weight is 526 g/mol. The normalized spacial score (nSPS) is 10.9. The molecule has 9 heteroatoms. The number of halogens is 1. The van der Waals surface area contributed by atoms with Crippen molar-refractivity contribution in [2.75, 3.05) is 11.1 Å². The van der Waals surface area contributed by atoms with Crippen LogP contribution in [0.5, 0.6) is 0 Å². The van der Waals surface area contributed by atoms with Gasteiger partial charge in [-0.05, 0) is 65.7 Å². The van der Waals surface area contributed by atoms with E-state index in [2.05, 4.69) is 20.8 Å². The monoisotopic (exact) mass is 525 g/mol. The Kier molecular flexibility index (Phi) is 7.46. The molecule has 4 aromatic carbocycles. The van der Waals surface area contributed by atoms with E-state index in [1.165, 1.54) is 23.9 Å². The molecule has 2 amide bonds. The van der Waals surface area contributed by atoms with Crippen molar-refractivity contribution < 1.29 is 14.0 Å². The number of hydrogen-bond acceptors (Lipinski definition) is 5. The summed E-state index contributed by atoms with van der Waals surface area (Å²) in [6.07, 6.45) is 0. The summed E-state index contributed by atoms with van der Waals surface area (Å²) in [5, 5.41) is 16.6. The molecular weight excluding hydrogens is 501 g/mol. The third kappa shape index (κ3) is 5.73. The fourth-order valence-corrected chi connectivity index (χ4v) is 4.86. The smallest absolute Gasteiger partial charge is 0.252 e. The van der Waals surface area contributed by atoms with E-state index in [9.17, 15) is 14.0 Å². The number of carbonyl (C=O) groups excluding carboxylic acids is 2. The van der Waals surface area contributed by atoms with E-state index in [-0.39, 0.29) is 29.9 Å². The summed E-state index contributed by atoms with van der Waals surface area (Å²) in [6, 6.07) is 26.7. The second-order valence-corrected chi connectivity index (χ2v) is 9.57. The Balaban J connectivity index is 1.34. The summed E-state index contributed by atoms with van der Waals surface area (Å²) < 4.78 is 15.3. The number of fused-ring (bicyclic) bond motifs is 1. The van der Waals surface area contributed by atoms with Crippen LogP contribution in [0.2, 0.25) is 0 Å². The minimum atomic E-state index is -0.376. The molecule has 1 aromatic heterocycles. The molecule has 0 aliphatic carbocycles.